The number of benzene rings is 1. The summed E-state index contributed by atoms with van der Waals surface area (Å²) in [6.45, 7) is 2.78. The fourth-order valence-corrected chi connectivity index (χ4v) is 4.72. The molecule has 0 saturated heterocycles. The fourth-order valence-electron chi connectivity index (χ4n) is 3.59. The van der Waals surface area contributed by atoms with Gasteiger partial charge in [0.25, 0.3) is 0 Å². The quantitative estimate of drug-likeness (QED) is 0.826. The standard InChI is InChI=1S/C18H24N2O3S/c1-2-20(11-17(21)22)13-9-12(10-13)19-18(23)15-7-8-24-16-6-4-3-5-14(15)16/h3-6,12-13,15H,2,7-11H2,1H3,(H,19,23)(H,21,22). The minimum Gasteiger partial charge on any atom is -0.480 e. The van der Waals surface area contributed by atoms with Crippen molar-refractivity contribution in [3.63, 3.8) is 0 Å². The van der Waals surface area contributed by atoms with Crippen molar-refractivity contribution < 1.29 is 14.7 Å². The molecule has 1 unspecified atom stereocenters. The van der Waals surface area contributed by atoms with Gasteiger partial charge in [-0.05, 0) is 43.2 Å². The molecule has 0 radical (unpaired) electrons. The molecule has 1 aliphatic heterocycles. The maximum Gasteiger partial charge on any atom is 0.317 e. The molecule has 2 aliphatic rings. The lowest BCUT2D eigenvalue weighted by molar-refractivity contribution is -0.139. The Kier molecular flexibility index (Phi) is 5.46. The zero-order valence-corrected chi connectivity index (χ0v) is 14.7. The molecule has 0 spiro atoms. The molecule has 1 saturated carbocycles. The molecule has 1 fully saturated rings. The highest BCUT2D eigenvalue weighted by Gasteiger charge is 2.36. The summed E-state index contributed by atoms with van der Waals surface area (Å²) in [6.07, 6.45) is 2.57. The predicted octanol–water partition coefficient (Wildman–Crippen LogP) is 2.32. The first-order valence-corrected chi connectivity index (χ1v) is 9.55. The van der Waals surface area contributed by atoms with E-state index in [0.717, 1.165) is 37.1 Å². The van der Waals surface area contributed by atoms with Crippen LogP contribution in [0.2, 0.25) is 0 Å². The van der Waals surface area contributed by atoms with Gasteiger partial charge in [0, 0.05) is 17.0 Å². The Morgan fingerprint density at radius 3 is 2.79 bits per heavy atom. The number of carboxylic acids is 1. The van der Waals surface area contributed by atoms with Crippen molar-refractivity contribution in [3.8, 4) is 0 Å². The van der Waals surface area contributed by atoms with Crippen LogP contribution in [-0.4, -0.2) is 52.8 Å². The number of nitrogens with one attached hydrogen (secondary N) is 1. The number of thioether (sulfide) groups is 1. The number of nitrogens with zero attached hydrogens (tertiary/aromatic N) is 1. The molecule has 6 heteroatoms. The monoisotopic (exact) mass is 348 g/mol. The van der Waals surface area contributed by atoms with E-state index in [4.69, 9.17) is 5.11 Å². The van der Waals surface area contributed by atoms with E-state index in [0.29, 0.717) is 0 Å². The van der Waals surface area contributed by atoms with Gasteiger partial charge >= 0.3 is 5.97 Å². The van der Waals surface area contributed by atoms with Crippen LogP contribution in [0.4, 0.5) is 0 Å². The molecule has 2 N–H and O–H groups in total. The highest BCUT2D eigenvalue weighted by atomic mass is 32.2. The summed E-state index contributed by atoms with van der Waals surface area (Å²) >= 11 is 1.82. The van der Waals surface area contributed by atoms with Gasteiger partial charge < -0.3 is 10.4 Å². The van der Waals surface area contributed by atoms with E-state index in [2.05, 4.69) is 17.4 Å². The third-order valence-electron chi connectivity index (χ3n) is 5.00. The smallest absolute Gasteiger partial charge is 0.317 e. The highest BCUT2D eigenvalue weighted by Crippen LogP contribution is 2.38. The molecular weight excluding hydrogens is 324 g/mol. The summed E-state index contributed by atoms with van der Waals surface area (Å²) in [5.74, 6) is 0.251. The van der Waals surface area contributed by atoms with Gasteiger partial charge in [0.2, 0.25) is 5.91 Å². The van der Waals surface area contributed by atoms with Crippen molar-refractivity contribution in [1.29, 1.82) is 0 Å². The molecule has 0 aromatic heterocycles. The van der Waals surface area contributed by atoms with Crippen LogP contribution in [0.1, 0.15) is 37.7 Å². The first-order valence-electron chi connectivity index (χ1n) is 8.56. The molecule has 5 nitrogen and oxygen atoms in total. The van der Waals surface area contributed by atoms with E-state index in [-0.39, 0.29) is 30.5 Å². The van der Waals surface area contributed by atoms with Crippen LogP contribution in [0.15, 0.2) is 29.2 Å². The molecule has 1 heterocycles. The molecule has 3 rings (SSSR count). The Labute approximate surface area is 146 Å². The Morgan fingerprint density at radius 1 is 1.33 bits per heavy atom. The maximum absolute atomic E-state index is 12.7. The summed E-state index contributed by atoms with van der Waals surface area (Å²) in [7, 11) is 0. The number of rotatable bonds is 6. The van der Waals surface area contributed by atoms with E-state index in [1.165, 1.54) is 4.90 Å². The minimum atomic E-state index is -0.791. The van der Waals surface area contributed by atoms with Crippen LogP contribution in [0.3, 0.4) is 0 Å². The molecule has 24 heavy (non-hydrogen) atoms. The maximum atomic E-state index is 12.7. The molecule has 0 bridgehead atoms. The Balaban J connectivity index is 1.54. The van der Waals surface area contributed by atoms with Crippen molar-refractivity contribution >= 4 is 23.6 Å². The van der Waals surface area contributed by atoms with E-state index in [1.807, 2.05) is 35.7 Å². The zero-order valence-electron chi connectivity index (χ0n) is 13.9. The number of hydrogen-bond donors (Lipinski definition) is 2. The molecule has 1 aromatic carbocycles. The largest absolute Gasteiger partial charge is 0.480 e. The van der Waals surface area contributed by atoms with Gasteiger partial charge in [-0.2, -0.15) is 0 Å². The first kappa shape index (κ1) is 17.3. The lowest BCUT2D eigenvalue weighted by atomic mass is 9.84. The van der Waals surface area contributed by atoms with E-state index in [9.17, 15) is 9.59 Å². The number of hydrogen-bond acceptors (Lipinski definition) is 4. The van der Waals surface area contributed by atoms with Crippen LogP contribution < -0.4 is 5.32 Å². The summed E-state index contributed by atoms with van der Waals surface area (Å²) in [5.41, 5.74) is 1.14. The van der Waals surface area contributed by atoms with E-state index < -0.39 is 5.97 Å². The summed E-state index contributed by atoms with van der Waals surface area (Å²) < 4.78 is 0. The summed E-state index contributed by atoms with van der Waals surface area (Å²) in [5, 5.41) is 12.1. The number of likely N-dealkylation sites (N-methyl/N-ethyl adjacent to an activating group) is 1. The molecule has 130 valence electrons. The van der Waals surface area contributed by atoms with Gasteiger partial charge in [0.1, 0.15) is 0 Å². The van der Waals surface area contributed by atoms with E-state index >= 15 is 0 Å². The summed E-state index contributed by atoms with van der Waals surface area (Å²) in [4.78, 5) is 26.7. The number of carbonyl (C=O) groups excluding carboxylic acids is 1. The van der Waals surface area contributed by atoms with Crippen LogP contribution >= 0.6 is 11.8 Å². The normalized spacial score (nSPS) is 25.7. The highest BCUT2D eigenvalue weighted by molar-refractivity contribution is 7.99. The second kappa shape index (κ2) is 7.57. The zero-order chi connectivity index (χ0) is 17.1. The van der Waals surface area contributed by atoms with Gasteiger partial charge in [-0.15, -0.1) is 11.8 Å². The van der Waals surface area contributed by atoms with Crippen molar-refractivity contribution in [3.05, 3.63) is 29.8 Å². The predicted molar refractivity (Wildman–Crippen MR) is 94.4 cm³/mol. The van der Waals surface area contributed by atoms with Crippen molar-refractivity contribution in [2.45, 2.75) is 49.1 Å². The van der Waals surface area contributed by atoms with Gasteiger partial charge in [-0.25, -0.2) is 0 Å². The lowest BCUT2D eigenvalue weighted by Gasteiger charge is -2.42. The van der Waals surface area contributed by atoms with Gasteiger partial charge in [0.05, 0.1) is 12.5 Å². The molecule has 1 aliphatic carbocycles. The Bertz CT molecular complexity index is 616. The number of carboxylic acid groups (broad SMARTS) is 1. The fraction of sp³-hybridized carbons (Fsp3) is 0.556. The van der Waals surface area contributed by atoms with Crippen molar-refractivity contribution in [2.75, 3.05) is 18.8 Å². The Morgan fingerprint density at radius 2 is 2.08 bits per heavy atom. The SMILES string of the molecule is CCN(CC(=O)O)C1CC(NC(=O)C2CCSc3ccccc32)C1. The van der Waals surface area contributed by atoms with Gasteiger partial charge in [-0.1, -0.05) is 25.1 Å². The minimum absolute atomic E-state index is 0.0530. The molecule has 1 atom stereocenters. The molecular formula is C18H24N2O3S. The second-order valence-corrected chi connectivity index (χ2v) is 7.65. The third kappa shape index (κ3) is 3.75. The van der Waals surface area contributed by atoms with Crippen molar-refractivity contribution in [2.24, 2.45) is 0 Å². The average Bonchev–Trinajstić information content (AvgIpc) is 2.55. The van der Waals surface area contributed by atoms with Crippen LogP contribution in [0.25, 0.3) is 0 Å². The van der Waals surface area contributed by atoms with Crippen LogP contribution in [0, 0.1) is 0 Å². The van der Waals surface area contributed by atoms with E-state index in [1.54, 1.807) is 0 Å². The number of carbonyl (C=O) groups is 2. The van der Waals surface area contributed by atoms with Crippen molar-refractivity contribution in [1.82, 2.24) is 10.2 Å². The lowest BCUT2D eigenvalue weighted by Crippen LogP contribution is -2.55. The van der Waals surface area contributed by atoms with Crippen LogP contribution in [-0.2, 0) is 9.59 Å². The molecule has 1 amide bonds. The number of amides is 1. The average molecular weight is 348 g/mol. The topological polar surface area (TPSA) is 69.6 Å². The van der Waals surface area contributed by atoms with Gasteiger partial charge in [0.15, 0.2) is 0 Å². The van der Waals surface area contributed by atoms with Gasteiger partial charge in [-0.3, -0.25) is 14.5 Å². The summed E-state index contributed by atoms with van der Waals surface area (Å²) in [6, 6.07) is 8.60. The molecule has 1 aromatic rings. The Hall–Kier alpha value is -1.53. The number of fused-ring (bicyclic) bond motifs is 1. The first-order chi connectivity index (χ1) is 11.6. The third-order valence-corrected chi connectivity index (χ3v) is 6.12. The second-order valence-electron chi connectivity index (χ2n) is 6.52. The van der Waals surface area contributed by atoms with Crippen LogP contribution in [0.5, 0.6) is 0 Å². The number of aliphatic carboxylic acids is 1.